The number of rotatable bonds is 1. The van der Waals surface area contributed by atoms with Crippen LogP contribution < -0.4 is 0 Å². The van der Waals surface area contributed by atoms with Gasteiger partial charge in [-0.05, 0) is 29.2 Å². The van der Waals surface area contributed by atoms with E-state index in [4.69, 9.17) is 5.26 Å². The molecule has 3 rings (SSSR count). The van der Waals surface area contributed by atoms with E-state index in [1.165, 1.54) is 16.3 Å². The van der Waals surface area contributed by atoms with Crippen LogP contribution in [-0.2, 0) is 0 Å². The maximum atomic E-state index is 9.04. The van der Waals surface area contributed by atoms with Gasteiger partial charge in [-0.25, -0.2) is 0 Å². The Morgan fingerprint density at radius 1 is 1.00 bits per heavy atom. The monoisotopic (exact) mass is 207 g/mol. The minimum atomic E-state index is 0.228. The summed E-state index contributed by atoms with van der Waals surface area (Å²) in [6, 6.07) is 17.3. The lowest BCUT2D eigenvalue weighted by atomic mass is 9.70. The van der Waals surface area contributed by atoms with Gasteiger partial charge in [0.15, 0.2) is 0 Å². The molecule has 2 atom stereocenters. The Balaban J connectivity index is 2.14. The molecule has 1 fully saturated rings. The van der Waals surface area contributed by atoms with Crippen molar-refractivity contribution in [3.05, 3.63) is 48.0 Å². The third-order valence-corrected chi connectivity index (χ3v) is 3.66. The van der Waals surface area contributed by atoms with Crippen LogP contribution in [0.15, 0.2) is 42.5 Å². The average molecular weight is 207 g/mol. The summed E-state index contributed by atoms with van der Waals surface area (Å²) in [4.78, 5) is 0. The van der Waals surface area contributed by atoms with Gasteiger partial charge >= 0.3 is 0 Å². The van der Waals surface area contributed by atoms with E-state index in [0.717, 1.165) is 12.8 Å². The van der Waals surface area contributed by atoms with Gasteiger partial charge in [-0.3, -0.25) is 0 Å². The summed E-state index contributed by atoms with van der Waals surface area (Å²) < 4.78 is 0. The van der Waals surface area contributed by atoms with Crippen molar-refractivity contribution in [2.45, 2.75) is 18.8 Å². The molecule has 16 heavy (non-hydrogen) atoms. The lowest BCUT2D eigenvalue weighted by Gasteiger charge is -2.32. The standard InChI is InChI=1S/C15H13N/c16-10-12-8-9-14(12)15-7-3-5-11-4-1-2-6-13(11)15/h1-7,12,14H,8-9H2. The van der Waals surface area contributed by atoms with Gasteiger partial charge in [-0.2, -0.15) is 5.26 Å². The van der Waals surface area contributed by atoms with Crippen LogP contribution in [0, 0.1) is 17.2 Å². The fourth-order valence-corrected chi connectivity index (χ4v) is 2.60. The molecule has 0 amide bonds. The van der Waals surface area contributed by atoms with Crippen molar-refractivity contribution in [1.82, 2.24) is 0 Å². The molecule has 0 spiro atoms. The first kappa shape index (κ1) is 9.42. The molecule has 0 N–H and O–H groups in total. The first-order valence-electron chi connectivity index (χ1n) is 5.77. The third kappa shape index (κ3) is 1.31. The molecule has 0 heterocycles. The largest absolute Gasteiger partial charge is 0.198 e. The number of nitrogens with zero attached hydrogens (tertiary/aromatic N) is 1. The SMILES string of the molecule is N#CC1CCC1c1cccc2ccccc12. The van der Waals surface area contributed by atoms with Crippen LogP contribution in [0.4, 0.5) is 0 Å². The van der Waals surface area contributed by atoms with Crippen molar-refractivity contribution in [1.29, 1.82) is 5.26 Å². The number of fused-ring (bicyclic) bond motifs is 1. The summed E-state index contributed by atoms with van der Waals surface area (Å²) >= 11 is 0. The molecule has 1 heteroatoms. The van der Waals surface area contributed by atoms with Crippen LogP contribution >= 0.6 is 0 Å². The molecule has 2 unspecified atom stereocenters. The second-order valence-corrected chi connectivity index (χ2v) is 4.49. The number of benzene rings is 2. The van der Waals surface area contributed by atoms with E-state index in [-0.39, 0.29) is 5.92 Å². The molecule has 1 aliphatic carbocycles. The molecule has 0 saturated heterocycles. The minimum Gasteiger partial charge on any atom is -0.198 e. The van der Waals surface area contributed by atoms with Gasteiger partial charge in [0.1, 0.15) is 0 Å². The molecule has 0 aromatic heterocycles. The van der Waals surface area contributed by atoms with Gasteiger partial charge in [0.2, 0.25) is 0 Å². The molecule has 0 bridgehead atoms. The number of hydrogen-bond donors (Lipinski definition) is 0. The summed E-state index contributed by atoms with van der Waals surface area (Å²) in [6.45, 7) is 0. The molecular formula is C15H13N. The average Bonchev–Trinajstić information content (AvgIpc) is 2.29. The molecule has 2 aromatic rings. The number of nitriles is 1. The van der Waals surface area contributed by atoms with Crippen molar-refractivity contribution >= 4 is 10.8 Å². The Morgan fingerprint density at radius 3 is 2.56 bits per heavy atom. The Morgan fingerprint density at radius 2 is 1.81 bits per heavy atom. The van der Waals surface area contributed by atoms with Gasteiger partial charge in [-0.15, -0.1) is 0 Å². The summed E-state index contributed by atoms with van der Waals surface area (Å²) in [6.07, 6.45) is 2.22. The highest BCUT2D eigenvalue weighted by molar-refractivity contribution is 5.86. The Labute approximate surface area is 95.3 Å². The Hall–Kier alpha value is -1.81. The van der Waals surface area contributed by atoms with Crippen molar-refractivity contribution in [3.8, 4) is 6.07 Å². The minimum absolute atomic E-state index is 0.228. The van der Waals surface area contributed by atoms with E-state index in [9.17, 15) is 0 Å². The van der Waals surface area contributed by atoms with Crippen molar-refractivity contribution < 1.29 is 0 Å². The number of hydrogen-bond acceptors (Lipinski definition) is 1. The smallest absolute Gasteiger partial charge is 0.0662 e. The molecule has 1 aliphatic rings. The lowest BCUT2D eigenvalue weighted by molar-refractivity contribution is 0.327. The molecule has 1 saturated carbocycles. The zero-order chi connectivity index (χ0) is 11.0. The van der Waals surface area contributed by atoms with Crippen LogP contribution in [0.3, 0.4) is 0 Å². The Kier molecular flexibility index (Phi) is 2.15. The molecule has 2 aromatic carbocycles. The second kappa shape index (κ2) is 3.64. The van der Waals surface area contributed by atoms with E-state index < -0.39 is 0 Å². The lowest BCUT2D eigenvalue weighted by Crippen LogP contribution is -2.22. The second-order valence-electron chi connectivity index (χ2n) is 4.49. The summed E-state index contributed by atoms with van der Waals surface area (Å²) in [5, 5.41) is 11.6. The highest BCUT2D eigenvalue weighted by atomic mass is 14.4. The predicted octanol–water partition coefficient (Wildman–Crippen LogP) is 3.86. The summed E-state index contributed by atoms with van der Waals surface area (Å²) in [7, 11) is 0. The van der Waals surface area contributed by atoms with Gasteiger partial charge in [-0.1, -0.05) is 42.5 Å². The quantitative estimate of drug-likeness (QED) is 0.696. The predicted molar refractivity (Wildman–Crippen MR) is 65.0 cm³/mol. The van der Waals surface area contributed by atoms with Gasteiger partial charge in [0.25, 0.3) is 0 Å². The molecule has 0 aliphatic heterocycles. The van der Waals surface area contributed by atoms with Crippen LogP contribution in [0.2, 0.25) is 0 Å². The summed E-state index contributed by atoms with van der Waals surface area (Å²) in [5.74, 6) is 0.682. The van der Waals surface area contributed by atoms with Crippen molar-refractivity contribution in [3.63, 3.8) is 0 Å². The Bertz CT molecular complexity index is 560. The first-order chi connectivity index (χ1) is 7.90. The highest BCUT2D eigenvalue weighted by Gasteiger charge is 2.32. The molecule has 78 valence electrons. The van der Waals surface area contributed by atoms with Crippen LogP contribution in [0.25, 0.3) is 10.8 Å². The van der Waals surface area contributed by atoms with E-state index in [2.05, 4.69) is 48.5 Å². The highest BCUT2D eigenvalue weighted by Crippen LogP contribution is 2.44. The molecule has 0 radical (unpaired) electrons. The summed E-state index contributed by atoms with van der Waals surface area (Å²) in [5.41, 5.74) is 1.36. The zero-order valence-electron chi connectivity index (χ0n) is 9.06. The molecular weight excluding hydrogens is 194 g/mol. The normalized spacial score (nSPS) is 23.7. The van der Waals surface area contributed by atoms with Crippen LogP contribution in [0.5, 0.6) is 0 Å². The van der Waals surface area contributed by atoms with E-state index in [0.29, 0.717) is 5.92 Å². The topological polar surface area (TPSA) is 23.8 Å². The van der Waals surface area contributed by atoms with E-state index in [1.54, 1.807) is 0 Å². The van der Waals surface area contributed by atoms with Crippen LogP contribution in [0.1, 0.15) is 24.3 Å². The van der Waals surface area contributed by atoms with Crippen molar-refractivity contribution in [2.75, 3.05) is 0 Å². The first-order valence-corrected chi connectivity index (χ1v) is 5.77. The fraction of sp³-hybridized carbons (Fsp3) is 0.267. The van der Waals surface area contributed by atoms with E-state index in [1.807, 2.05) is 0 Å². The fourth-order valence-electron chi connectivity index (χ4n) is 2.60. The third-order valence-electron chi connectivity index (χ3n) is 3.66. The zero-order valence-corrected chi connectivity index (χ0v) is 9.06. The van der Waals surface area contributed by atoms with Crippen molar-refractivity contribution in [2.24, 2.45) is 5.92 Å². The van der Waals surface area contributed by atoms with E-state index >= 15 is 0 Å². The maximum absolute atomic E-state index is 9.04. The van der Waals surface area contributed by atoms with Crippen LogP contribution in [-0.4, -0.2) is 0 Å². The molecule has 1 nitrogen and oxygen atoms in total. The van der Waals surface area contributed by atoms with Gasteiger partial charge in [0, 0.05) is 5.92 Å². The maximum Gasteiger partial charge on any atom is 0.0662 e. The van der Waals surface area contributed by atoms with Gasteiger partial charge < -0.3 is 0 Å². The van der Waals surface area contributed by atoms with Gasteiger partial charge in [0.05, 0.1) is 12.0 Å².